The van der Waals surface area contributed by atoms with Gasteiger partial charge in [0.1, 0.15) is 11.5 Å². The first-order valence-electron chi connectivity index (χ1n) is 25.2. The van der Waals surface area contributed by atoms with Crippen LogP contribution in [0.2, 0.25) is 0 Å². The highest BCUT2D eigenvalue weighted by atomic mass is 31.2. The lowest BCUT2D eigenvalue weighted by atomic mass is 9.83. The average Bonchev–Trinajstić information content (AvgIpc) is 3.23. The average molecular weight is 899 g/mol. The molecule has 1 N–H and O–H groups in total. The summed E-state index contributed by atoms with van der Waals surface area (Å²) in [5.41, 5.74) is 4.99. The van der Waals surface area contributed by atoms with Crippen molar-refractivity contribution in [3.63, 3.8) is 0 Å². The lowest BCUT2D eigenvalue weighted by Gasteiger charge is -2.28. The van der Waals surface area contributed by atoms with Crippen LogP contribution in [0.15, 0.2) is 24.3 Å². The second kappa shape index (κ2) is 32.1. The minimum atomic E-state index is -2.26. The fourth-order valence-electron chi connectivity index (χ4n) is 8.09. The molecule has 0 heterocycles. The summed E-state index contributed by atoms with van der Waals surface area (Å²) in [7, 11) is -2.26. The van der Waals surface area contributed by atoms with Crippen LogP contribution in [0.1, 0.15) is 243 Å². The Hall–Kier alpha value is -2.67. The van der Waals surface area contributed by atoms with E-state index in [1.165, 1.54) is 116 Å². The highest BCUT2D eigenvalue weighted by Gasteiger charge is 2.30. The van der Waals surface area contributed by atoms with Crippen molar-refractivity contribution in [2.45, 2.75) is 247 Å². The monoisotopic (exact) mass is 899 g/mol. The maximum atomic E-state index is 12.7. The first kappa shape index (κ1) is 56.5. The Labute approximate surface area is 386 Å². The van der Waals surface area contributed by atoms with Crippen LogP contribution in [0.5, 0.6) is 11.5 Å². The summed E-state index contributed by atoms with van der Waals surface area (Å²) in [5, 5.41) is 10.2. The van der Waals surface area contributed by atoms with E-state index in [0.717, 1.165) is 59.1 Å². The van der Waals surface area contributed by atoms with Crippen molar-refractivity contribution in [3.8, 4) is 11.5 Å². The maximum Gasteiger partial charge on any atom is 0.492 e. The van der Waals surface area contributed by atoms with Crippen LogP contribution < -0.4 is 9.05 Å². The van der Waals surface area contributed by atoms with Crippen molar-refractivity contribution >= 4 is 20.5 Å². The van der Waals surface area contributed by atoms with Crippen molar-refractivity contribution in [2.24, 2.45) is 0 Å². The smallest absolute Gasteiger partial charge is 0.466 e. The SMILES string of the molecule is CCCCCCCCCCCCCOC(=O)CCc1cc(C)c(OP(OO)Oc2c(C)cc(CCC(=O)OCCCCCCCCCCCCC)cc2C(C)(C)C)c(C(C)(C)C)c1. The van der Waals surface area contributed by atoms with Gasteiger partial charge in [-0.15, -0.1) is 4.67 Å². The summed E-state index contributed by atoms with van der Waals surface area (Å²) in [5.74, 6) is 0.829. The molecule has 0 saturated heterocycles. The zero-order chi connectivity index (χ0) is 46.5. The van der Waals surface area contributed by atoms with Crippen LogP contribution in [0.25, 0.3) is 0 Å². The van der Waals surface area contributed by atoms with Crippen molar-refractivity contribution in [2.75, 3.05) is 13.2 Å². The van der Waals surface area contributed by atoms with Gasteiger partial charge in [0.2, 0.25) is 0 Å². The molecule has 0 aliphatic carbocycles. The molecule has 0 radical (unpaired) electrons. The number of hydrogen-bond acceptors (Lipinski definition) is 8. The first-order chi connectivity index (χ1) is 30.1. The third-order valence-electron chi connectivity index (χ3n) is 11.9. The largest absolute Gasteiger partial charge is 0.492 e. The highest BCUT2D eigenvalue weighted by Crippen LogP contribution is 2.49. The van der Waals surface area contributed by atoms with Crippen LogP contribution in [0, 0.1) is 13.8 Å². The van der Waals surface area contributed by atoms with Gasteiger partial charge in [0, 0.05) is 24.0 Å². The van der Waals surface area contributed by atoms with Gasteiger partial charge >= 0.3 is 20.5 Å². The van der Waals surface area contributed by atoms with Gasteiger partial charge < -0.3 is 18.5 Å². The summed E-state index contributed by atoms with van der Waals surface area (Å²) >= 11 is 0. The van der Waals surface area contributed by atoms with E-state index in [4.69, 9.17) is 23.2 Å². The molecular formula is C54H91O8P. The van der Waals surface area contributed by atoms with Crippen molar-refractivity contribution in [1.29, 1.82) is 0 Å². The fraction of sp³-hybridized carbons (Fsp3) is 0.741. The fourth-order valence-corrected chi connectivity index (χ4v) is 8.97. The Bertz CT molecular complexity index is 1440. The van der Waals surface area contributed by atoms with E-state index in [1.807, 2.05) is 26.0 Å². The normalized spacial score (nSPS) is 11.9. The number of esters is 2. The standard InChI is InChI=1S/C54H91O8P/c1-11-13-15-17-19-21-23-25-27-29-31-37-58-49(55)35-33-45-39-43(3)51(47(41-45)53(5,6)7)60-63(62-57)61-52-44(4)40-46(42-48(52)54(8,9)10)34-36-50(56)59-38-32-30-28-26-24-22-20-18-16-14-12-2/h39-42,57H,11-38H2,1-10H3. The number of carbonyl (C=O) groups is 2. The van der Waals surface area contributed by atoms with Gasteiger partial charge in [-0.25, -0.2) is 5.26 Å². The van der Waals surface area contributed by atoms with Gasteiger partial charge in [-0.2, -0.15) is 0 Å². The van der Waals surface area contributed by atoms with Gasteiger partial charge in [-0.1, -0.05) is 208 Å². The topological polar surface area (TPSA) is 101 Å². The Kier molecular flexibility index (Phi) is 28.7. The molecule has 0 unspecified atom stereocenters. The molecular weight excluding hydrogens is 808 g/mol. The van der Waals surface area contributed by atoms with Gasteiger partial charge in [0.15, 0.2) is 0 Å². The highest BCUT2D eigenvalue weighted by molar-refractivity contribution is 7.42. The minimum absolute atomic E-state index is 0.172. The molecule has 2 aromatic carbocycles. The molecule has 0 saturated carbocycles. The number of rotatable bonds is 35. The van der Waals surface area contributed by atoms with E-state index in [9.17, 15) is 14.8 Å². The number of unbranched alkanes of at least 4 members (excludes halogenated alkanes) is 20. The summed E-state index contributed by atoms with van der Waals surface area (Å²) < 4.78 is 28.9. The van der Waals surface area contributed by atoms with Crippen LogP contribution in [0.4, 0.5) is 0 Å². The minimum Gasteiger partial charge on any atom is -0.466 e. The molecule has 9 heteroatoms. The third-order valence-corrected chi connectivity index (χ3v) is 12.7. The molecule has 0 aliphatic rings. The molecule has 0 aliphatic heterocycles. The van der Waals surface area contributed by atoms with Gasteiger partial charge in [-0.3, -0.25) is 9.59 Å². The Morgan fingerprint density at radius 1 is 0.492 bits per heavy atom. The number of ether oxygens (including phenoxy) is 2. The molecule has 0 atom stereocenters. The molecule has 63 heavy (non-hydrogen) atoms. The maximum absolute atomic E-state index is 12.7. The van der Waals surface area contributed by atoms with E-state index in [-0.39, 0.29) is 22.8 Å². The summed E-state index contributed by atoms with van der Waals surface area (Å²) in [6.45, 7) is 22.1. The lowest BCUT2D eigenvalue weighted by molar-refractivity contribution is -0.144. The zero-order valence-corrected chi connectivity index (χ0v) is 42.8. The van der Waals surface area contributed by atoms with Gasteiger partial charge in [0.05, 0.1) is 13.2 Å². The second-order valence-electron chi connectivity index (χ2n) is 20.1. The summed E-state index contributed by atoms with van der Waals surface area (Å²) in [6.07, 6.45) is 29.5. The van der Waals surface area contributed by atoms with Crippen molar-refractivity contribution < 1.29 is 38.0 Å². The predicted molar refractivity (Wildman–Crippen MR) is 263 cm³/mol. The molecule has 2 aromatic rings. The van der Waals surface area contributed by atoms with Gasteiger partial charge in [0.25, 0.3) is 0 Å². The zero-order valence-electron chi connectivity index (χ0n) is 41.9. The molecule has 360 valence electrons. The number of hydrogen-bond donors (Lipinski definition) is 1. The third kappa shape index (κ3) is 24.4. The molecule has 0 amide bonds. The van der Waals surface area contributed by atoms with E-state index in [0.29, 0.717) is 50.4 Å². The molecule has 0 fully saturated rings. The Morgan fingerprint density at radius 2 is 0.794 bits per heavy atom. The van der Waals surface area contributed by atoms with Crippen LogP contribution >= 0.6 is 8.60 Å². The summed E-state index contributed by atoms with van der Waals surface area (Å²) in [4.78, 5) is 25.4. The molecule has 2 rings (SSSR count). The number of benzene rings is 2. The van der Waals surface area contributed by atoms with Crippen LogP contribution in [-0.4, -0.2) is 30.4 Å². The predicted octanol–water partition coefficient (Wildman–Crippen LogP) is 16.6. The van der Waals surface area contributed by atoms with Crippen LogP contribution in [-0.2, 0) is 47.4 Å². The molecule has 8 nitrogen and oxygen atoms in total. The Morgan fingerprint density at radius 3 is 1.08 bits per heavy atom. The van der Waals surface area contributed by atoms with Gasteiger partial charge in [-0.05, 0) is 72.6 Å². The quantitative estimate of drug-likeness (QED) is 0.0240. The van der Waals surface area contributed by atoms with E-state index >= 15 is 0 Å². The Balaban J connectivity index is 1.93. The van der Waals surface area contributed by atoms with Crippen molar-refractivity contribution in [1.82, 2.24) is 0 Å². The van der Waals surface area contributed by atoms with E-state index < -0.39 is 8.60 Å². The van der Waals surface area contributed by atoms with Crippen LogP contribution in [0.3, 0.4) is 0 Å². The van der Waals surface area contributed by atoms with E-state index in [1.54, 1.807) is 0 Å². The summed E-state index contributed by atoms with van der Waals surface area (Å²) in [6, 6.07) is 8.20. The van der Waals surface area contributed by atoms with E-state index in [2.05, 4.69) is 67.5 Å². The lowest BCUT2D eigenvalue weighted by Crippen LogP contribution is -2.17. The molecule has 0 spiro atoms. The number of aryl methyl sites for hydroxylation is 4. The number of carbonyl (C=O) groups excluding carboxylic acids is 2. The molecule has 0 aromatic heterocycles. The first-order valence-corrected chi connectivity index (χ1v) is 26.3. The molecule has 0 bridgehead atoms. The van der Waals surface area contributed by atoms with Crippen molar-refractivity contribution in [3.05, 3.63) is 57.6 Å². The second-order valence-corrected chi connectivity index (χ2v) is 21.1.